The van der Waals surface area contributed by atoms with Crippen molar-refractivity contribution in [3.8, 4) is 11.3 Å². The van der Waals surface area contributed by atoms with Gasteiger partial charge in [0.2, 0.25) is 0 Å². The van der Waals surface area contributed by atoms with E-state index in [9.17, 15) is 0 Å². The first-order valence-corrected chi connectivity index (χ1v) is 6.66. The summed E-state index contributed by atoms with van der Waals surface area (Å²) in [7, 11) is 0. The lowest BCUT2D eigenvalue weighted by Crippen LogP contribution is -1.88. The Kier molecular flexibility index (Phi) is 2.71. The van der Waals surface area contributed by atoms with Crippen molar-refractivity contribution in [3.63, 3.8) is 0 Å². The summed E-state index contributed by atoms with van der Waals surface area (Å²) in [6.07, 6.45) is 2.06. The molecule has 0 unspecified atom stereocenters. The van der Waals surface area contributed by atoms with Crippen molar-refractivity contribution in [2.75, 3.05) is 0 Å². The van der Waals surface area contributed by atoms with Gasteiger partial charge in [-0.15, -0.1) is 0 Å². The third-order valence-electron chi connectivity index (χ3n) is 3.20. The molecule has 2 aromatic heterocycles. The van der Waals surface area contributed by atoms with E-state index in [1.807, 2.05) is 12.1 Å². The summed E-state index contributed by atoms with van der Waals surface area (Å²) < 4.78 is 3.23. The van der Waals surface area contributed by atoms with E-state index in [1.54, 1.807) is 0 Å². The average molecular weight is 301 g/mol. The van der Waals surface area contributed by atoms with Gasteiger partial charge in [0.05, 0.1) is 5.69 Å². The van der Waals surface area contributed by atoms with Gasteiger partial charge in [-0.3, -0.25) is 0 Å². The topological polar surface area (TPSA) is 17.3 Å². The van der Waals surface area contributed by atoms with Gasteiger partial charge in [-0.25, -0.2) is 4.98 Å². The highest BCUT2D eigenvalue weighted by Crippen LogP contribution is 2.26. The van der Waals surface area contributed by atoms with Gasteiger partial charge in [0, 0.05) is 21.9 Å². The number of rotatable bonds is 1. The quantitative estimate of drug-likeness (QED) is 0.652. The second-order valence-electron chi connectivity index (χ2n) is 4.44. The van der Waals surface area contributed by atoms with Crippen molar-refractivity contribution >= 4 is 21.6 Å². The molecule has 0 fully saturated rings. The smallest absolute Gasteiger partial charge is 0.140 e. The lowest BCUT2D eigenvalue weighted by atomic mass is 10.1. The van der Waals surface area contributed by atoms with Gasteiger partial charge in [-0.05, 0) is 37.6 Å². The number of nitrogens with zero attached hydrogens (tertiary/aromatic N) is 2. The fourth-order valence-electron chi connectivity index (χ4n) is 2.20. The molecule has 0 aliphatic heterocycles. The number of halogens is 1. The molecule has 0 aliphatic rings. The van der Waals surface area contributed by atoms with E-state index >= 15 is 0 Å². The minimum atomic E-state index is 1.04. The van der Waals surface area contributed by atoms with E-state index in [1.165, 1.54) is 11.3 Å². The summed E-state index contributed by atoms with van der Waals surface area (Å²) in [5.74, 6) is 0. The fraction of sp³-hybridized carbons (Fsp3) is 0.133. The highest BCUT2D eigenvalue weighted by molar-refractivity contribution is 9.10. The van der Waals surface area contributed by atoms with Gasteiger partial charge < -0.3 is 4.40 Å². The maximum Gasteiger partial charge on any atom is 0.140 e. The second kappa shape index (κ2) is 4.25. The molecular formula is C15H13BrN2. The van der Waals surface area contributed by atoms with E-state index in [-0.39, 0.29) is 0 Å². The Labute approximate surface area is 114 Å². The molecule has 2 nitrogen and oxygen atoms in total. The number of hydrogen-bond acceptors (Lipinski definition) is 1. The number of aryl methyl sites for hydroxylation is 2. The van der Waals surface area contributed by atoms with Crippen molar-refractivity contribution in [1.29, 1.82) is 0 Å². The molecule has 1 aromatic carbocycles. The third kappa shape index (κ3) is 1.75. The summed E-state index contributed by atoms with van der Waals surface area (Å²) in [5.41, 5.74) is 5.61. The zero-order valence-corrected chi connectivity index (χ0v) is 11.9. The maximum absolute atomic E-state index is 4.76. The van der Waals surface area contributed by atoms with E-state index in [0.29, 0.717) is 0 Å². The first-order chi connectivity index (χ1) is 8.66. The molecule has 0 radical (unpaired) electrons. The Morgan fingerprint density at radius 1 is 1.06 bits per heavy atom. The largest absolute Gasteiger partial charge is 0.303 e. The molecule has 0 spiro atoms. The summed E-state index contributed by atoms with van der Waals surface area (Å²) in [6.45, 7) is 4.20. The van der Waals surface area contributed by atoms with Crippen LogP contribution in [0.4, 0.5) is 0 Å². The monoisotopic (exact) mass is 300 g/mol. The molecule has 90 valence electrons. The molecule has 0 saturated heterocycles. The SMILES string of the molecule is Cc1cccn2c(C)c(-c3ccc(Br)cc3)nc12. The lowest BCUT2D eigenvalue weighted by Gasteiger charge is -2.00. The Morgan fingerprint density at radius 2 is 1.78 bits per heavy atom. The predicted octanol–water partition coefficient (Wildman–Crippen LogP) is 4.38. The first-order valence-electron chi connectivity index (χ1n) is 5.87. The van der Waals surface area contributed by atoms with Crippen LogP contribution in [0.15, 0.2) is 47.1 Å². The van der Waals surface area contributed by atoms with Gasteiger partial charge in [-0.1, -0.05) is 34.1 Å². The molecule has 0 atom stereocenters. The molecule has 3 rings (SSSR count). The normalized spacial score (nSPS) is 11.1. The van der Waals surface area contributed by atoms with E-state index in [4.69, 9.17) is 4.98 Å². The van der Waals surface area contributed by atoms with Gasteiger partial charge in [0.25, 0.3) is 0 Å². The highest BCUT2D eigenvalue weighted by Gasteiger charge is 2.11. The molecule has 2 heterocycles. The summed E-state index contributed by atoms with van der Waals surface area (Å²) in [5, 5.41) is 0. The Balaban J connectivity index is 2.27. The van der Waals surface area contributed by atoms with Crippen molar-refractivity contribution in [1.82, 2.24) is 9.38 Å². The van der Waals surface area contributed by atoms with Crippen LogP contribution >= 0.6 is 15.9 Å². The average Bonchev–Trinajstić information content (AvgIpc) is 2.70. The van der Waals surface area contributed by atoms with Gasteiger partial charge >= 0.3 is 0 Å². The van der Waals surface area contributed by atoms with Crippen molar-refractivity contribution in [3.05, 3.63) is 58.3 Å². The zero-order chi connectivity index (χ0) is 12.7. The summed E-state index contributed by atoms with van der Waals surface area (Å²) >= 11 is 3.46. The predicted molar refractivity (Wildman–Crippen MR) is 77.8 cm³/mol. The van der Waals surface area contributed by atoms with E-state index in [2.05, 4.69) is 64.6 Å². The van der Waals surface area contributed by atoms with Crippen LogP contribution in [-0.2, 0) is 0 Å². The minimum Gasteiger partial charge on any atom is -0.303 e. The Hall–Kier alpha value is -1.61. The molecule has 0 bridgehead atoms. The van der Waals surface area contributed by atoms with E-state index < -0.39 is 0 Å². The fourth-order valence-corrected chi connectivity index (χ4v) is 2.47. The van der Waals surface area contributed by atoms with Crippen LogP contribution < -0.4 is 0 Å². The van der Waals surface area contributed by atoms with Gasteiger partial charge in [-0.2, -0.15) is 0 Å². The molecular weight excluding hydrogens is 288 g/mol. The third-order valence-corrected chi connectivity index (χ3v) is 3.73. The van der Waals surface area contributed by atoms with Crippen LogP contribution in [0.1, 0.15) is 11.3 Å². The van der Waals surface area contributed by atoms with Crippen molar-refractivity contribution in [2.24, 2.45) is 0 Å². The molecule has 3 aromatic rings. The van der Waals surface area contributed by atoms with Crippen molar-refractivity contribution < 1.29 is 0 Å². The Morgan fingerprint density at radius 3 is 2.44 bits per heavy atom. The van der Waals surface area contributed by atoms with Crippen LogP contribution in [0.3, 0.4) is 0 Å². The number of hydrogen-bond donors (Lipinski definition) is 0. The summed E-state index contributed by atoms with van der Waals surface area (Å²) in [6, 6.07) is 12.4. The van der Waals surface area contributed by atoms with Crippen molar-refractivity contribution in [2.45, 2.75) is 13.8 Å². The standard InChI is InChI=1S/C15H13BrN2/c1-10-4-3-9-18-11(2)14(17-15(10)18)12-5-7-13(16)8-6-12/h3-9H,1-2H3. The molecule has 18 heavy (non-hydrogen) atoms. The van der Waals surface area contributed by atoms with E-state index in [0.717, 1.165) is 21.4 Å². The molecule has 0 amide bonds. The van der Waals surface area contributed by atoms with Gasteiger partial charge in [0.15, 0.2) is 0 Å². The highest BCUT2D eigenvalue weighted by atomic mass is 79.9. The van der Waals surface area contributed by atoms with Crippen LogP contribution in [0.25, 0.3) is 16.9 Å². The maximum atomic E-state index is 4.76. The number of benzene rings is 1. The number of pyridine rings is 1. The summed E-state index contributed by atoms with van der Waals surface area (Å²) in [4.78, 5) is 4.76. The van der Waals surface area contributed by atoms with Crippen LogP contribution in [0.2, 0.25) is 0 Å². The van der Waals surface area contributed by atoms with Gasteiger partial charge in [0.1, 0.15) is 5.65 Å². The first kappa shape index (κ1) is 11.5. The van der Waals surface area contributed by atoms with Crippen LogP contribution in [0, 0.1) is 13.8 Å². The number of fused-ring (bicyclic) bond motifs is 1. The number of imidazole rings is 1. The molecule has 3 heteroatoms. The van der Waals surface area contributed by atoms with Crippen LogP contribution in [-0.4, -0.2) is 9.38 Å². The lowest BCUT2D eigenvalue weighted by molar-refractivity contribution is 1.10. The number of aromatic nitrogens is 2. The minimum absolute atomic E-state index is 1.04. The molecule has 0 aliphatic carbocycles. The zero-order valence-electron chi connectivity index (χ0n) is 10.3. The van der Waals surface area contributed by atoms with Crippen LogP contribution in [0.5, 0.6) is 0 Å². The molecule has 0 saturated carbocycles. The molecule has 0 N–H and O–H groups in total. The second-order valence-corrected chi connectivity index (χ2v) is 5.35. The Bertz CT molecular complexity index is 711.